The van der Waals surface area contributed by atoms with Crippen molar-refractivity contribution in [1.29, 1.82) is 0 Å². The summed E-state index contributed by atoms with van der Waals surface area (Å²) in [7, 11) is -1.32. The number of hydrogen-bond acceptors (Lipinski definition) is 8. The van der Waals surface area contributed by atoms with Gasteiger partial charge in [0.15, 0.2) is 16.3 Å². The number of rotatable bonds is 6. The fourth-order valence-electron chi connectivity index (χ4n) is 3.98. The Labute approximate surface area is 188 Å². The van der Waals surface area contributed by atoms with E-state index in [9.17, 15) is 8.42 Å². The number of ether oxygens (including phenoxy) is 3. The van der Waals surface area contributed by atoms with Crippen LogP contribution in [0.3, 0.4) is 0 Å². The summed E-state index contributed by atoms with van der Waals surface area (Å²) < 4.78 is 51.1. The van der Waals surface area contributed by atoms with E-state index in [1.165, 1.54) is 14.2 Å². The monoisotopic (exact) mass is 472 g/mol. The van der Waals surface area contributed by atoms with Gasteiger partial charge in [-0.25, -0.2) is 8.42 Å². The Bertz CT molecular complexity index is 1420. The number of benzene rings is 2. The third-order valence-electron chi connectivity index (χ3n) is 5.45. The van der Waals surface area contributed by atoms with Crippen molar-refractivity contribution in [2.75, 3.05) is 25.5 Å². The molecule has 0 amide bonds. The maximum Gasteiger partial charge on any atom is 0.270 e. The molecule has 2 aromatic heterocycles. The molecule has 5 rings (SSSR count). The molecule has 0 radical (unpaired) electrons. The third-order valence-corrected chi connectivity index (χ3v) is 7.71. The first-order chi connectivity index (χ1) is 15.4. The van der Waals surface area contributed by atoms with E-state index in [1.807, 2.05) is 6.07 Å². The summed E-state index contributed by atoms with van der Waals surface area (Å²) in [5, 5.41) is 8.68. The number of nitrogens with zero attached hydrogens (tertiary/aromatic N) is 1. The maximum absolute atomic E-state index is 13.3. The molecule has 0 saturated heterocycles. The molecular formula is C22H20N2O6S2. The SMILES string of the molecule is COc1cccc(OC)c1S(=O)(=O)Nc1noc2cc(-c3cscc3C)c3c(c12)OCC3. The summed E-state index contributed by atoms with van der Waals surface area (Å²) in [4.78, 5) is -0.121. The fraction of sp³-hybridized carbons (Fsp3) is 0.227. The second kappa shape index (κ2) is 7.72. The molecule has 0 fully saturated rings. The number of aromatic nitrogens is 1. The first kappa shape index (κ1) is 20.7. The lowest BCUT2D eigenvalue weighted by Gasteiger charge is -2.14. The van der Waals surface area contributed by atoms with Gasteiger partial charge in [0.25, 0.3) is 10.0 Å². The molecule has 10 heteroatoms. The van der Waals surface area contributed by atoms with E-state index in [0.29, 0.717) is 29.7 Å². The number of nitrogens with one attached hydrogen (secondary N) is 1. The highest BCUT2D eigenvalue weighted by Crippen LogP contribution is 2.46. The first-order valence-electron chi connectivity index (χ1n) is 9.79. The van der Waals surface area contributed by atoms with Gasteiger partial charge in [-0.15, -0.1) is 0 Å². The van der Waals surface area contributed by atoms with Gasteiger partial charge in [-0.1, -0.05) is 11.2 Å². The molecule has 0 spiro atoms. The molecule has 2 aromatic carbocycles. The molecule has 3 heterocycles. The van der Waals surface area contributed by atoms with E-state index < -0.39 is 10.0 Å². The van der Waals surface area contributed by atoms with Gasteiger partial charge in [0.05, 0.1) is 20.8 Å². The van der Waals surface area contributed by atoms with Crippen LogP contribution in [-0.4, -0.2) is 34.4 Å². The summed E-state index contributed by atoms with van der Waals surface area (Å²) >= 11 is 1.63. The number of anilines is 1. The zero-order valence-electron chi connectivity index (χ0n) is 17.6. The Morgan fingerprint density at radius 3 is 2.53 bits per heavy atom. The molecule has 1 aliphatic rings. The Hall–Kier alpha value is -3.24. The number of sulfonamides is 1. The summed E-state index contributed by atoms with van der Waals surface area (Å²) in [6, 6.07) is 6.64. The van der Waals surface area contributed by atoms with Crippen LogP contribution in [0.1, 0.15) is 11.1 Å². The highest BCUT2D eigenvalue weighted by atomic mass is 32.2. The van der Waals surface area contributed by atoms with Gasteiger partial charge in [0.2, 0.25) is 0 Å². The van der Waals surface area contributed by atoms with Crippen LogP contribution in [0.25, 0.3) is 22.1 Å². The zero-order chi connectivity index (χ0) is 22.5. The molecule has 0 bridgehead atoms. The van der Waals surface area contributed by atoms with Crippen LogP contribution in [0.5, 0.6) is 17.2 Å². The smallest absolute Gasteiger partial charge is 0.270 e. The molecular weight excluding hydrogens is 452 g/mol. The van der Waals surface area contributed by atoms with Gasteiger partial charge in [-0.3, -0.25) is 4.72 Å². The molecule has 0 unspecified atom stereocenters. The molecule has 0 saturated carbocycles. The average molecular weight is 473 g/mol. The van der Waals surface area contributed by atoms with E-state index in [4.69, 9.17) is 18.7 Å². The number of hydrogen-bond donors (Lipinski definition) is 1. The number of fused-ring (bicyclic) bond motifs is 3. The normalized spacial score (nSPS) is 13.1. The predicted octanol–water partition coefficient (Wildman–Crippen LogP) is 4.62. The molecule has 32 heavy (non-hydrogen) atoms. The van der Waals surface area contributed by atoms with Gasteiger partial charge in [0, 0.05) is 12.0 Å². The minimum atomic E-state index is -4.11. The van der Waals surface area contributed by atoms with Crippen molar-refractivity contribution in [3.63, 3.8) is 0 Å². The quantitative estimate of drug-likeness (QED) is 0.437. The van der Waals surface area contributed by atoms with Gasteiger partial charge in [-0.05, 0) is 52.6 Å². The largest absolute Gasteiger partial charge is 0.495 e. The predicted molar refractivity (Wildman–Crippen MR) is 122 cm³/mol. The second-order valence-corrected chi connectivity index (χ2v) is 9.66. The lowest BCUT2D eigenvalue weighted by atomic mass is 9.96. The summed E-state index contributed by atoms with van der Waals surface area (Å²) in [6.07, 6.45) is 0.716. The van der Waals surface area contributed by atoms with Crippen molar-refractivity contribution in [1.82, 2.24) is 5.16 Å². The van der Waals surface area contributed by atoms with Crippen molar-refractivity contribution in [2.24, 2.45) is 0 Å². The van der Waals surface area contributed by atoms with E-state index >= 15 is 0 Å². The molecule has 8 nitrogen and oxygen atoms in total. The molecule has 4 aromatic rings. The van der Waals surface area contributed by atoms with Crippen LogP contribution in [0.2, 0.25) is 0 Å². The Kier molecular flexibility index (Phi) is 4.98. The molecule has 0 aliphatic carbocycles. The Morgan fingerprint density at radius 1 is 1.12 bits per heavy atom. The highest BCUT2D eigenvalue weighted by molar-refractivity contribution is 7.93. The number of aryl methyl sites for hydroxylation is 1. The Balaban J connectivity index is 1.65. The van der Waals surface area contributed by atoms with Gasteiger partial charge in [0.1, 0.15) is 22.6 Å². The van der Waals surface area contributed by atoms with Crippen LogP contribution in [0.15, 0.2) is 44.4 Å². The van der Waals surface area contributed by atoms with Crippen LogP contribution >= 0.6 is 11.3 Å². The third kappa shape index (κ3) is 3.18. The molecule has 0 atom stereocenters. The zero-order valence-corrected chi connectivity index (χ0v) is 19.2. The van der Waals surface area contributed by atoms with Crippen LogP contribution in [0, 0.1) is 6.92 Å². The molecule has 1 N–H and O–H groups in total. The van der Waals surface area contributed by atoms with Crippen molar-refractivity contribution in [3.8, 4) is 28.4 Å². The fourth-order valence-corrected chi connectivity index (χ4v) is 6.16. The minimum Gasteiger partial charge on any atom is -0.495 e. The summed E-state index contributed by atoms with van der Waals surface area (Å²) in [5.74, 6) is 0.955. The van der Waals surface area contributed by atoms with Crippen LogP contribution in [0.4, 0.5) is 5.82 Å². The lowest BCUT2D eigenvalue weighted by molar-refractivity contribution is 0.360. The van der Waals surface area contributed by atoms with E-state index in [0.717, 1.165) is 22.3 Å². The maximum atomic E-state index is 13.3. The summed E-state index contributed by atoms with van der Waals surface area (Å²) in [5.41, 5.74) is 4.73. The topological polar surface area (TPSA) is 99.9 Å². The minimum absolute atomic E-state index is 0.0553. The molecule has 166 valence electrons. The van der Waals surface area contributed by atoms with Crippen molar-refractivity contribution < 1.29 is 27.2 Å². The van der Waals surface area contributed by atoms with Crippen molar-refractivity contribution in [2.45, 2.75) is 18.2 Å². The second-order valence-electron chi connectivity index (χ2n) is 7.30. The molecule has 1 aliphatic heterocycles. The van der Waals surface area contributed by atoms with Crippen molar-refractivity contribution >= 4 is 38.1 Å². The first-order valence-corrected chi connectivity index (χ1v) is 12.2. The average Bonchev–Trinajstić information content (AvgIpc) is 3.52. The van der Waals surface area contributed by atoms with Crippen molar-refractivity contribution in [3.05, 3.63) is 46.2 Å². The van der Waals surface area contributed by atoms with E-state index in [1.54, 1.807) is 29.5 Å². The number of methoxy groups -OCH3 is 2. The van der Waals surface area contributed by atoms with Gasteiger partial charge >= 0.3 is 0 Å². The summed E-state index contributed by atoms with van der Waals surface area (Å²) in [6.45, 7) is 2.56. The lowest BCUT2D eigenvalue weighted by Crippen LogP contribution is -2.15. The van der Waals surface area contributed by atoms with Crippen LogP contribution < -0.4 is 18.9 Å². The van der Waals surface area contributed by atoms with Crippen LogP contribution in [-0.2, 0) is 16.4 Å². The Morgan fingerprint density at radius 2 is 1.88 bits per heavy atom. The van der Waals surface area contributed by atoms with Gasteiger partial charge in [-0.2, -0.15) is 11.3 Å². The van der Waals surface area contributed by atoms with E-state index in [2.05, 4.69) is 27.6 Å². The van der Waals surface area contributed by atoms with E-state index in [-0.39, 0.29) is 22.2 Å². The number of thiophene rings is 1. The highest BCUT2D eigenvalue weighted by Gasteiger charge is 2.30. The van der Waals surface area contributed by atoms with Gasteiger partial charge < -0.3 is 18.7 Å². The standard InChI is InChI=1S/C22H20N2O6S2/c1-12-10-31-11-15(12)14-9-18-19(20-13(14)7-8-29-20)22(23-30-18)24-32(25,26)21-16(27-2)5-4-6-17(21)28-3/h4-6,9-11H,7-8H2,1-3H3,(H,23,24).